The van der Waals surface area contributed by atoms with Crippen LogP contribution in [-0.2, 0) is 10.0 Å². The Bertz CT molecular complexity index is 556. The van der Waals surface area contributed by atoms with E-state index in [1.54, 1.807) is 6.92 Å². The molecule has 0 heterocycles. The first kappa shape index (κ1) is 13.8. The lowest BCUT2D eigenvalue weighted by atomic mass is 10.2. The zero-order chi connectivity index (χ0) is 13.2. The van der Waals surface area contributed by atoms with Crippen molar-refractivity contribution in [3.63, 3.8) is 0 Å². The van der Waals surface area contributed by atoms with Gasteiger partial charge in [0.1, 0.15) is 4.90 Å². The highest BCUT2D eigenvalue weighted by Crippen LogP contribution is 2.30. The molecule has 0 aromatic heterocycles. The Balaban J connectivity index is 3.54. The highest BCUT2D eigenvalue weighted by molar-refractivity contribution is 7.89. The summed E-state index contributed by atoms with van der Waals surface area (Å²) in [6.45, 7) is 2.23. The van der Waals surface area contributed by atoms with Crippen molar-refractivity contribution in [3.8, 4) is 0 Å². The maximum Gasteiger partial charge on any atom is 0.335 e. The van der Waals surface area contributed by atoms with Gasteiger partial charge in [-0.15, -0.1) is 0 Å². The van der Waals surface area contributed by atoms with E-state index in [1.807, 2.05) is 0 Å². The van der Waals surface area contributed by atoms with Crippen molar-refractivity contribution in [2.24, 2.45) is 5.14 Å². The number of hydrogen-bond acceptors (Lipinski definition) is 4. The van der Waals surface area contributed by atoms with Crippen molar-refractivity contribution in [2.45, 2.75) is 11.8 Å². The second-order valence-corrected chi connectivity index (χ2v) is 5.12. The number of hydrogen-bond donors (Lipinski definition) is 3. The lowest BCUT2D eigenvalue weighted by Crippen LogP contribution is -2.15. The number of anilines is 1. The molecule has 0 aliphatic rings. The number of carbonyl (C=O) groups is 1. The minimum Gasteiger partial charge on any atom is -0.478 e. The van der Waals surface area contributed by atoms with Crippen LogP contribution in [0.2, 0.25) is 5.02 Å². The number of nitrogens with two attached hydrogens (primary N) is 1. The summed E-state index contributed by atoms with van der Waals surface area (Å²) in [5, 5.41) is 16.5. The summed E-state index contributed by atoms with van der Waals surface area (Å²) in [4.78, 5) is 10.4. The number of aromatic carboxylic acids is 1. The molecule has 17 heavy (non-hydrogen) atoms. The van der Waals surface area contributed by atoms with Gasteiger partial charge in [0.2, 0.25) is 10.0 Å². The minimum absolute atomic E-state index is 0.112. The fourth-order valence-corrected chi connectivity index (χ4v) is 2.40. The lowest BCUT2D eigenvalue weighted by Gasteiger charge is -2.10. The first-order valence-corrected chi connectivity index (χ1v) is 6.53. The molecule has 0 radical (unpaired) electrons. The van der Waals surface area contributed by atoms with Gasteiger partial charge in [-0.25, -0.2) is 18.4 Å². The minimum atomic E-state index is -4.07. The van der Waals surface area contributed by atoms with Gasteiger partial charge in [-0.3, -0.25) is 0 Å². The molecule has 1 aromatic carbocycles. The zero-order valence-electron chi connectivity index (χ0n) is 8.90. The Labute approximate surface area is 103 Å². The van der Waals surface area contributed by atoms with E-state index in [-0.39, 0.29) is 16.3 Å². The molecule has 0 bridgehead atoms. The van der Waals surface area contributed by atoms with Gasteiger partial charge >= 0.3 is 5.97 Å². The third-order valence-electron chi connectivity index (χ3n) is 1.96. The van der Waals surface area contributed by atoms with Crippen molar-refractivity contribution in [2.75, 3.05) is 11.9 Å². The molecule has 0 aliphatic heterocycles. The van der Waals surface area contributed by atoms with E-state index in [4.69, 9.17) is 21.8 Å². The van der Waals surface area contributed by atoms with Crippen molar-refractivity contribution < 1.29 is 18.3 Å². The molecular weight excluding hydrogens is 268 g/mol. The largest absolute Gasteiger partial charge is 0.478 e. The molecular formula is C9H11ClN2O4S. The van der Waals surface area contributed by atoms with E-state index in [0.29, 0.717) is 6.54 Å². The molecule has 0 spiro atoms. The molecule has 0 aliphatic carbocycles. The second-order valence-electron chi connectivity index (χ2n) is 3.22. The second kappa shape index (κ2) is 4.91. The highest BCUT2D eigenvalue weighted by atomic mass is 35.5. The van der Waals surface area contributed by atoms with Gasteiger partial charge in [0.25, 0.3) is 0 Å². The van der Waals surface area contributed by atoms with Gasteiger partial charge in [-0.1, -0.05) is 11.6 Å². The number of nitrogens with one attached hydrogen (secondary N) is 1. The summed E-state index contributed by atoms with van der Waals surface area (Å²) in [5.41, 5.74) is 0.0208. The fraction of sp³-hybridized carbons (Fsp3) is 0.222. The van der Waals surface area contributed by atoms with E-state index in [9.17, 15) is 13.2 Å². The number of primary sulfonamides is 1. The van der Waals surface area contributed by atoms with E-state index >= 15 is 0 Å². The summed E-state index contributed by atoms with van der Waals surface area (Å²) >= 11 is 5.83. The average Bonchev–Trinajstić information content (AvgIpc) is 2.19. The molecule has 0 atom stereocenters. The monoisotopic (exact) mass is 278 g/mol. The molecule has 0 saturated carbocycles. The Morgan fingerprint density at radius 2 is 2.12 bits per heavy atom. The van der Waals surface area contributed by atoms with Crippen molar-refractivity contribution in [1.29, 1.82) is 0 Å². The average molecular weight is 279 g/mol. The zero-order valence-corrected chi connectivity index (χ0v) is 10.5. The molecule has 4 N–H and O–H groups in total. The molecule has 8 heteroatoms. The molecule has 94 valence electrons. The number of benzene rings is 1. The van der Waals surface area contributed by atoms with Gasteiger partial charge in [-0.05, 0) is 19.1 Å². The Morgan fingerprint density at radius 3 is 2.53 bits per heavy atom. The van der Waals surface area contributed by atoms with Crippen LogP contribution in [0.1, 0.15) is 17.3 Å². The van der Waals surface area contributed by atoms with Gasteiger partial charge in [0.15, 0.2) is 0 Å². The summed E-state index contributed by atoms with van der Waals surface area (Å²) in [5.74, 6) is -1.26. The quantitative estimate of drug-likeness (QED) is 0.764. The maximum absolute atomic E-state index is 11.3. The van der Waals surface area contributed by atoms with Crippen LogP contribution in [0, 0.1) is 0 Å². The summed E-state index contributed by atoms with van der Waals surface area (Å²) in [7, 11) is -4.07. The molecule has 0 unspecified atom stereocenters. The van der Waals surface area contributed by atoms with Crippen LogP contribution in [0.15, 0.2) is 17.0 Å². The molecule has 6 nitrogen and oxygen atoms in total. The highest BCUT2D eigenvalue weighted by Gasteiger charge is 2.19. The van der Waals surface area contributed by atoms with Crippen molar-refractivity contribution in [3.05, 3.63) is 22.7 Å². The first-order chi connectivity index (χ1) is 7.77. The summed E-state index contributed by atoms with van der Waals surface area (Å²) in [6.07, 6.45) is 0. The van der Waals surface area contributed by atoms with Gasteiger partial charge in [0, 0.05) is 6.54 Å². The third-order valence-corrected chi connectivity index (χ3v) is 3.41. The smallest absolute Gasteiger partial charge is 0.335 e. The maximum atomic E-state index is 11.3. The van der Waals surface area contributed by atoms with Crippen LogP contribution in [0.5, 0.6) is 0 Å². The SMILES string of the molecule is CCNc1cc(C(=O)O)cc(S(N)(=O)=O)c1Cl. The summed E-state index contributed by atoms with van der Waals surface area (Å²) in [6, 6.07) is 2.18. The molecule has 1 aromatic rings. The first-order valence-electron chi connectivity index (χ1n) is 4.61. The fourth-order valence-electron chi connectivity index (χ4n) is 1.25. The topological polar surface area (TPSA) is 109 Å². The predicted molar refractivity (Wildman–Crippen MR) is 63.9 cm³/mol. The van der Waals surface area contributed by atoms with E-state index in [2.05, 4.69) is 5.32 Å². The number of sulfonamides is 1. The van der Waals surface area contributed by atoms with Crippen LogP contribution >= 0.6 is 11.6 Å². The van der Waals surface area contributed by atoms with Crippen LogP contribution < -0.4 is 10.5 Å². The normalized spacial score (nSPS) is 11.2. The van der Waals surface area contributed by atoms with Gasteiger partial charge in [-0.2, -0.15) is 0 Å². The van der Waals surface area contributed by atoms with Gasteiger partial charge in [0.05, 0.1) is 16.3 Å². The Hall–Kier alpha value is -1.31. The molecule has 0 fully saturated rings. The third kappa shape index (κ3) is 3.09. The van der Waals surface area contributed by atoms with E-state index < -0.39 is 20.9 Å². The van der Waals surface area contributed by atoms with Crippen LogP contribution in [-0.4, -0.2) is 26.0 Å². The lowest BCUT2D eigenvalue weighted by molar-refractivity contribution is 0.0696. The number of halogens is 1. The number of rotatable bonds is 4. The van der Waals surface area contributed by atoms with Crippen LogP contribution in [0.4, 0.5) is 5.69 Å². The number of carboxylic acids is 1. The van der Waals surface area contributed by atoms with Crippen molar-refractivity contribution in [1.82, 2.24) is 0 Å². The van der Waals surface area contributed by atoms with Crippen LogP contribution in [0.3, 0.4) is 0 Å². The summed E-state index contributed by atoms with van der Waals surface area (Å²) < 4.78 is 22.5. The van der Waals surface area contributed by atoms with Crippen molar-refractivity contribution >= 4 is 33.3 Å². The van der Waals surface area contributed by atoms with Gasteiger partial charge < -0.3 is 10.4 Å². The molecule has 0 saturated heterocycles. The molecule has 1 rings (SSSR count). The van der Waals surface area contributed by atoms with Crippen LogP contribution in [0.25, 0.3) is 0 Å². The number of carboxylic acid groups (broad SMARTS) is 1. The Kier molecular flexibility index (Phi) is 3.97. The van der Waals surface area contributed by atoms with E-state index in [1.165, 1.54) is 6.07 Å². The Morgan fingerprint density at radius 1 is 1.53 bits per heavy atom. The predicted octanol–water partition coefficient (Wildman–Crippen LogP) is 1.12. The molecule has 0 amide bonds. The standard InChI is InChI=1S/C9H11ClN2O4S/c1-2-12-6-3-5(9(13)14)4-7(8(6)10)17(11,15)16/h3-4,12H,2H2,1H3,(H,13,14)(H2,11,15,16). The van der Waals surface area contributed by atoms with E-state index in [0.717, 1.165) is 6.07 Å².